The lowest BCUT2D eigenvalue weighted by atomic mass is 9.97. The van der Waals surface area contributed by atoms with Crippen LogP contribution >= 0.6 is 0 Å². The van der Waals surface area contributed by atoms with Gasteiger partial charge in [-0.3, -0.25) is 9.59 Å². The van der Waals surface area contributed by atoms with Gasteiger partial charge < -0.3 is 10.2 Å². The van der Waals surface area contributed by atoms with E-state index in [1.54, 1.807) is 24.3 Å². The monoisotopic (exact) mass is 660 g/mol. The maximum absolute atomic E-state index is 13.3. The third kappa shape index (κ3) is 11.7. The van der Waals surface area contributed by atoms with E-state index < -0.39 is 11.7 Å². The summed E-state index contributed by atoms with van der Waals surface area (Å²) in [4.78, 5) is 28.2. The molecule has 0 aliphatic carbocycles. The molecule has 1 N–H and O–H groups in total. The first-order chi connectivity index (χ1) is 23.3. The van der Waals surface area contributed by atoms with Gasteiger partial charge in [-0.05, 0) is 91.1 Å². The van der Waals surface area contributed by atoms with Crippen molar-refractivity contribution >= 4 is 17.5 Å². The average Bonchev–Trinajstić information content (AvgIpc) is 3.09. The van der Waals surface area contributed by atoms with Crippen LogP contribution in [0.1, 0.15) is 124 Å². The molecule has 0 aromatic heterocycles. The summed E-state index contributed by atoms with van der Waals surface area (Å²) in [7, 11) is 0. The van der Waals surface area contributed by atoms with E-state index in [9.17, 15) is 22.8 Å². The fourth-order valence-electron chi connectivity index (χ4n) is 6.32. The van der Waals surface area contributed by atoms with Crippen LogP contribution in [0.3, 0.4) is 0 Å². The summed E-state index contributed by atoms with van der Waals surface area (Å²) in [5, 5.41) is 2.96. The predicted molar refractivity (Wildman–Crippen MR) is 190 cm³/mol. The van der Waals surface area contributed by atoms with Gasteiger partial charge in [0.15, 0.2) is 0 Å². The third-order valence-electron chi connectivity index (χ3n) is 9.18. The second-order valence-corrected chi connectivity index (χ2v) is 13.0. The highest BCUT2D eigenvalue weighted by Crippen LogP contribution is 2.32. The Labute approximate surface area is 284 Å². The number of carbonyl (C=O) groups is 2. The number of carbonyl (C=O) groups excluding carboxylic acids is 2. The van der Waals surface area contributed by atoms with Gasteiger partial charge in [-0.2, -0.15) is 13.2 Å². The maximum Gasteiger partial charge on any atom is 0.416 e. The summed E-state index contributed by atoms with van der Waals surface area (Å²) in [5.74, 6) is -0.127. The minimum atomic E-state index is -4.42. The zero-order valence-electron chi connectivity index (χ0n) is 28.4. The molecule has 0 atom stereocenters. The molecular formula is C41H51F3N2O2. The fourth-order valence-corrected chi connectivity index (χ4v) is 6.32. The number of hydrogen-bond acceptors (Lipinski definition) is 2. The zero-order chi connectivity index (χ0) is 34.2. The quantitative estimate of drug-likeness (QED) is 0.109. The van der Waals surface area contributed by atoms with Crippen LogP contribution in [0.25, 0.3) is 11.1 Å². The van der Waals surface area contributed by atoms with Gasteiger partial charge >= 0.3 is 6.18 Å². The van der Waals surface area contributed by atoms with E-state index in [1.807, 2.05) is 23.1 Å². The van der Waals surface area contributed by atoms with Crippen LogP contribution in [0.5, 0.6) is 0 Å². The van der Waals surface area contributed by atoms with Gasteiger partial charge in [0.05, 0.1) is 5.56 Å². The molecule has 48 heavy (non-hydrogen) atoms. The van der Waals surface area contributed by atoms with Crippen LogP contribution in [0, 0.1) is 0 Å². The van der Waals surface area contributed by atoms with E-state index >= 15 is 0 Å². The van der Waals surface area contributed by atoms with Crippen LogP contribution in [0.15, 0.2) is 78.9 Å². The highest BCUT2D eigenvalue weighted by Gasteiger charge is 2.30. The van der Waals surface area contributed by atoms with Crippen molar-refractivity contribution < 1.29 is 22.8 Å². The number of rotatable bonds is 18. The minimum Gasteiger partial charge on any atom is -0.338 e. The van der Waals surface area contributed by atoms with Crippen molar-refractivity contribution in [2.75, 3.05) is 11.9 Å². The number of hydrogen-bond donors (Lipinski definition) is 1. The Hall–Kier alpha value is -3.87. The lowest BCUT2D eigenvalue weighted by Gasteiger charge is -2.29. The Morgan fingerprint density at radius 1 is 0.771 bits per heavy atom. The van der Waals surface area contributed by atoms with Gasteiger partial charge in [0.2, 0.25) is 5.91 Å². The van der Waals surface area contributed by atoms with Gasteiger partial charge in [0.1, 0.15) is 0 Å². The average molecular weight is 661 g/mol. The second-order valence-electron chi connectivity index (χ2n) is 13.0. The summed E-state index contributed by atoms with van der Waals surface area (Å²) in [6.45, 7) is 3.48. The van der Waals surface area contributed by atoms with Gasteiger partial charge in [-0.15, -0.1) is 0 Å². The molecule has 0 fully saturated rings. The van der Waals surface area contributed by atoms with E-state index in [-0.39, 0.29) is 11.8 Å². The lowest BCUT2D eigenvalue weighted by molar-refractivity contribution is -0.137. The molecule has 0 saturated heterocycles. The fraction of sp³-hybridized carbons (Fsp3) is 0.463. The van der Waals surface area contributed by atoms with E-state index in [1.165, 1.54) is 82.8 Å². The first kappa shape index (κ1) is 37.0. The van der Waals surface area contributed by atoms with E-state index in [2.05, 4.69) is 24.4 Å². The number of alkyl halides is 3. The van der Waals surface area contributed by atoms with Crippen molar-refractivity contribution in [2.45, 2.75) is 116 Å². The molecule has 0 radical (unpaired) electrons. The number of nitrogens with zero attached hydrogens (tertiary/aromatic N) is 1. The van der Waals surface area contributed by atoms with E-state index in [0.717, 1.165) is 42.5 Å². The number of fused-ring (bicyclic) bond motifs is 1. The number of benzene rings is 3. The van der Waals surface area contributed by atoms with Crippen LogP contribution in [0.2, 0.25) is 0 Å². The summed E-state index contributed by atoms with van der Waals surface area (Å²) in [5.41, 5.74) is 3.58. The van der Waals surface area contributed by atoms with E-state index in [4.69, 9.17) is 0 Å². The smallest absolute Gasteiger partial charge is 0.338 e. The molecule has 1 aliphatic rings. The van der Waals surface area contributed by atoms with Crippen molar-refractivity contribution in [3.8, 4) is 11.1 Å². The molecule has 1 heterocycles. The summed E-state index contributed by atoms with van der Waals surface area (Å²) in [6.07, 6.45) is 17.6. The number of halogens is 3. The Bertz CT molecular complexity index is 1480. The number of nitrogens with one attached hydrogen (secondary N) is 1. The number of amides is 2. The van der Waals surface area contributed by atoms with Crippen molar-refractivity contribution in [3.05, 3.63) is 101 Å². The maximum atomic E-state index is 13.3. The van der Waals surface area contributed by atoms with Gasteiger partial charge in [0.25, 0.3) is 5.91 Å². The third-order valence-corrected chi connectivity index (χ3v) is 9.18. The molecule has 258 valence electrons. The zero-order valence-corrected chi connectivity index (χ0v) is 28.4. The van der Waals surface area contributed by atoms with Crippen molar-refractivity contribution in [3.63, 3.8) is 0 Å². The van der Waals surface area contributed by atoms with Crippen molar-refractivity contribution in [1.29, 1.82) is 0 Å². The molecule has 3 aromatic carbocycles. The molecule has 7 heteroatoms. The highest BCUT2D eigenvalue weighted by molar-refractivity contribution is 6.08. The normalized spacial score (nSPS) is 13.1. The topological polar surface area (TPSA) is 49.4 Å². The molecule has 0 bridgehead atoms. The minimum absolute atomic E-state index is 0.208. The Morgan fingerprint density at radius 3 is 2.10 bits per heavy atom. The first-order valence-electron chi connectivity index (χ1n) is 17.9. The number of allylic oxidation sites excluding steroid dienone is 2. The van der Waals surface area contributed by atoms with Crippen molar-refractivity contribution in [2.24, 2.45) is 0 Å². The number of unbranched alkanes of at least 4 members (excludes halogenated alkanes) is 11. The van der Waals surface area contributed by atoms with E-state index in [0.29, 0.717) is 41.9 Å². The van der Waals surface area contributed by atoms with Crippen LogP contribution < -0.4 is 5.32 Å². The first-order valence-corrected chi connectivity index (χ1v) is 17.9. The summed E-state index contributed by atoms with van der Waals surface area (Å²) in [6, 6.07) is 17.5. The highest BCUT2D eigenvalue weighted by atomic mass is 19.4. The molecule has 2 amide bonds. The summed E-state index contributed by atoms with van der Waals surface area (Å²) < 4.78 is 39.1. The molecule has 4 nitrogen and oxygen atoms in total. The SMILES string of the molecule is CCCCCCC=CCCCCCCCCCC(=O)N1CCc2cc(NC(=O)c3ccccc3-c3ccc(C(F)(F)F)cc3)ccc2C1. The molecule has 0 spiro atoms. The molecule has 1 aliphatic heterocycles. The lowest BCUT2D eigenvalue weighted by Crippen LogP contribution is -2.35. The van der Waals surface area contributed by atoms with Crippen molar-refractivity contribution in [1.82, 2.24) is 4.90 Å². The molecule has 0 saturated carbocycles. The standard InChI is InChI=1S/C41H51F3N2O2/c1-2-3-4-5-6-7-8-9-10-11-12-13-14-15-16-21-39(47)46-29-28-33-30-36(27-24-34(33)31-46)45-40(48)38-20-18-17-19-37(38)32-22-25-35(26-23-32)41(42,43)44/h7-8,17-20,22-27,30H,2-6,9-16,21,28-29,31H2,1H3,(H,45,48). The molecular weight excluding hydrogens is 609 g/mol. The number of anilines is 1. The Kier molecular flexibility index (Phi) is 14.8. The van der Waals surface area contributed by atoms with Gasteiger partial charge in [-0.25, -0.2) is 0 Å². The molecule has 0 unspecified atom stereocenters. The van der Waals surface area contributed by atoms with Crippen LogP contribution in [0.4, 0.5) is 18.9 Å². The van der Waals surface area contributed by atoms with Crippen LogP contribution in [-0.4, -0.2) is 23.3 Å². The largest absolute Gasteiger partial charge is 0.416 e. The van der Waals surface area contributed by atoms with Gasteiger partial charge in [0, 0.05) is 30.8 Å². The molecule has 3 aromatic rings. The predicted octanol–water partition coefficient (Wildman–Crippen LogP) is 11.5. The second kappa shape index (κ2) is 19.2. The Balaban J connectivity index is 1.16. The summed E-state index contributed by atoms with van der Waals surface area (Å²) >= 11 is 0. The van der Waals surface area contributed by atoms with Crippen LogP contribution in [-0.2, 0) is 23.9 Å². The Morgan fingerprint density at radius 2 is 1.42 bits per heavy atom. The molecule has 4 rings (SSSR count). The van der Waals surface area contributed by atoms with Gasteiger partial charge in [-0.1, -0.05) is 107 Å².